The van der Waals surface area contributed by atoms with Crippen molar-refractivity contribution in [2.45, 2.75) is 13.5 Å². The summed E-state index contributed by atoms with van der Waals surface area (Å²) >= 11 is 11.9. The number of hydrogen-bond acceptors (Lipinski definition) is 4. The maximum Gasteiger partial charge on any atom is 0.127 e. The van der Waals surface area contributed by atoms with Crippen LogP contribution in [0.5, 0.6) is 0 Å². The van der Waals surface area contributed by atoms with E-state index in [-0.39, 0.29) is 0 Å². The fourth-order valence-electron chi connectivity index (χ4n) is 1.22. The number of rotatable bonds is 3. The summed E-state index contributed by atoms with van der Waals surface area (Å²) in [6.07, 6.45) is 0. The highest BCUT2D eigenvalue weighted by Gasteiger charge is 2.06. The van der Waals surface area contributed by atoms with Gasteiger partial charge in [0.25, 0.3) is 0 Å². The molecule has 0 saturated carbocycles. The van der Waals surface area contributed by atoms with E-state index in [9.17, 15) is 0 Å². The molecule has 1 aromatic heterocycles. The highest BCUT2D eigenvalue weighted by molar-refractivity contribution is 6.35. The summed E-state index contributed by atoms with van der Waals surface area (Å²) in [5, 5.41) is 11.8. The molecule has 0 amide bonds. The molecular weight excluding hydrogens is 249 g/mol. The second-order valence-corrected chi connectivity index (χ2v) is 4.12. The molecule has 0 fully saturated rings. The van der Waals surface area contributed by atoms with E-state index in [0.717, 1.165) is 17.1 Å². The van der Waals surface area contributed by atoms with Crippen molar-refractivity contribution in [3.8, 4) is 0 Å². The third-order valence-corrected chi connectivity index (χ3v) is 2.69. The van der Waals surface area contributed by atoms with Crippen molar-refractivity contribution in [3.63, 3.8) is 0 Å². The molecule has 0 unspecified atom stereocenters. The Morgan fingerprint density at radius 2 is 2.12 bits per heavy atom. The molecule has 1 aromatic carbocycles. The van der Waals surface area contributed by atoms with Crippen LogP contribution in [0.15, 0.2) is 22.8 Å². The number of aromatic nitrogens is 2. The molecule has 84 valence electrons. The van der Waals surface area contributed by atoms with Crippen molar-refractivity contribution in [1.29, 1.82) is 0 Å². The monoisotopic (exact) mass is 257 g/mol. The van der Waals surface area contributed by atoms with Gasteiger partial charge in [0.15, 0.2) is 0 Å². The minimum atomic E-state index is 0.495. The molecule has 0 spiro atoms. The van der Waals surface area contributed by atoms with Gasteiger partial charge in [0.2, 0.25) is 0 Å². The van der Waals surface area contributed by atoms with Gasteiger partial charge in [0.1, 0.15) is 11.4 Å². The van der Waals surface area contributed by atoms with E-state index in [2.05, 4.69) is 20.3 Å². The molecule has 2 rings (SSSR count). The number of benzene rings is 1. The number of nitrogens with one attached hydrogen (secondary N) is 1. The summed E-state index contributed by atoms with van der Waals surface area (Å²) in [5.41, 5.74) is 2.26. The number of hydrogen-bond donors (Lipinski definition) is 1. The van der Waals surface area contributed by atoms with Crippen molar-refractivity contribution in [1.82, 2.24) is 10.3 Å². The molecule has 16 heavy (non-hydrogen) atoms. The van der Waals surface area contributed by atoms with E-state index >= 15 is 0 Å². The van der Waals surface area contributed by atoms with Crippen molar-refractivity contribution in [2.75, 3.05) is 5.32 Å². The van der Waals surface area contributed by atoms with Crippen LogP contribution in [-0.4, -0.2) is 10.3 Å². The van der Waals surface area contributed by atoms with Crippen molar-refractivity contribution in [3.05, 3.63) is 39.6 Å². The lowest BCUT2D eigenvalue weighted by Crippen LogP contribution is -2.01. The fourth-order valence-corrected chi connectivity index (χ4v) is 1.58. The van der Waals surface area contributed by atoms with Crippen LogP contribution in [0.1, 0.15) is 11.4 Å². The summed E-state index contributed by atoms with van der Waals surface area (Å²) in [5.74, 6) is 0. The van der Waals surface area contributed by atoms with Crippen molar-refractivity contribution in [2.24, 2.45) is 0 Å². The van der Waals surface area contributed by atoms with Gasteiger partial charge in [-0.05, 0) is 25.1 Å². The molecule has 0 bridgehead atoms. The highest BCUT2D eigenvalue weighted by atomic mass is 35.5. The minimum Gasteiger partial charge on any atom is -0.378 e. The number of nitrogens with zero attached hydrogens (tertiary/aromatic N) is 2. The van der Waals surface area contributed by atoms with Crippen molar-refractivity contribution < 1.29 is 4.63 Å². The van der Waals surface area contributed by atoms with Crippen LogP contribution in [0.25, 0.3) is 0 Å². The van der Waals surface area contributed by atoms with E-state index in [1.165, 1.54) is 0 Å². The van der Waals surface area contributed by atoms with Gasteiger partial charge < -0.3 is 5.32 Å². The maximum absolute atomic E-state index is 6.00. The Bertz CT molecular complexity index is 499. The lowest BCUT2D eigenvalue weighted by Gasteiger charge is -2.06. The summed E-state index contributed by atoms with van der Waals surface area (Å²) in [7, 11) is 0. The van der Waals surface area contributed by atoms with Gasteiger partial charge in [0.05, 0.1) is 17.3 Å². The van der Waals surface area contributed by atoms with Gasteiger partial charge in [-0.1, -0.05) is 33.5 Å². The zero-order valence-corrected chi connectivity index (χ0v) is 10.0. The summed E-state index contributed by atoms with van der Waals surface area (Å²) in [4.78, 5) is 0. The molecule has 1 heterocycles. The van der Waals surface area contributed by atoms with Gasteiger partial charge in [-0.2, -0.15) is 0 Å². The Labute approximate surface area is 103 Å². The lowest BCUT2D eigenvalue weighted by molar-refractivity contribution is 0.301. The Kier molecular flexibility index (Phi) is 3.31. The molecule has 6 heteroatoms. The van der Waals surface area contributed by atoms with E-state index in [0.29, 0.717) is 16.6 Å². The summed E-state index contributed by atoms with van der Waals surface area (Å²) in [6.45, 7) is 2.32. The van der Waals surface area contributed by atoms with Gasteiger partial charge in [-0.25, -0.2) is 4.63 Å². The summed E-state index contributed by atoms with van der Waals surface area (Å²) in [6, 6.07) is 5.23. The smallest absolute Gasteiger partial charge is 0.127 e. The molecule has 1 N–H and O–H groups in total. The van der Waals surface area contributed by atoms with E-state index in [1.807, 2.05) is 6.92 Å². The van der Waals surface area contributed by atoms with Gasteiger partial charge in [-0.3, -0.25) is 0 Å². The third kappa shape index (κ3) is 2.46. The second kappa shape index (κ2) is 4.72. The molecule has 2 aromatic rings. The predicted molar refractivity (Wildman–Crippen MR) is 62.8 cm³/mol. The van der Waals surface area contributed by atoms with Crippen LogP contribution in [0.3, 0.4) is 0 Å². The average Bonchev–Trinajstić information content (AvgIpc) is 2.66. The van der Waals surface area contributed by atoms with Crippen LogP contribution < -0.4 is 5.32 Å². The van der Waals surface area contributed by atoms with E-state index in [1.54, 1.807) is 18.2 Å². The van der Waals surface area contributed by atoms with Crippen LogP contribution in [0, 0.1) is 6.92 Å². The lowest BCUT2D eigenvalue weighted by atomic mass is 10.3. The summed E-state index contributed by atoms with van der Waals surface area (Å²) < 4.78 is 4.59. The van der Waals surface area contributed by atoms with E-state index in [4.69, 9.17) is 23.2 Å². The molecule has 0 atom stereocenters. The fraction of sp³-hybridized carbons (Fsp3) is 0.200. The predicted octanol–water partition coefficient (Wildman–Crippen LogP) is 3.30. The Morgan fingerprint density at radius 3 is 2.81 bits per heavy atom. The zero-order valence-electron chi connectivity index (χ0n) is 8.50. The number of anilines is 1. The minimum absolute atomic E-state index is 0.495. The molecule has 0 aliphatic heterocycles. The third-order valence-electron chi connectivity index (χ3n) is 2.12. The number of aryl methyl sites for hydroxylation is 1. The average molecular weight is 258 g/mol. The first-order valence-corrected chi connectivity index (χ1v) is 5.39. The SMILES string of the molecule is Cc1nonc1CNc1cc(Cl)ccc1Cl. The molecule has 0 saturated heterocycles. The van der Waals surface area contributed by atoms with Crippen LogP contribution >= 0.6 is 23.2 Å². The normalized spacial score (nSPS) is 10.4. The Morgan fingerprint density at radius 1 is 1.31 bits per heavy atom. The number of halogens is 2. The maximum atomic E-state index is 6.00. The van der Waals surface area contributed by atoms with Crippen molar-refractivity contribution >= 4 is 28.9 Å². The second-order valence-electron chi connectivity index (χ2n) is 3.27. The molecular formula is C10H9Cl2N3O. The molecule has 4 nitrogen and oxygen atoms in total. The topological polar surface area (TPSA) is 51.0 Å². The van der Waals surface area contributed by atoms with Gasteiger partial charge in [0, 0.05) is 5.02 Å². The van der Waals surface area contributed by atoms with Gasteiger partial charge in [-0.15, -0.1) is 0 Å². The standard InChI is InChI=1S/C10H9Cl2N3O/c1-6-10(15-16-14-6)5-13-9-4-7(11)2-3-8(9)12/h2-4,13H,5H2,1H3. The first-order chi connectivity index (χ1) is 7.66. The van der Waals surface area contributed by atoms with Crippen LogP contribution in [-0.2, 0) is 6.54 Å². The largest absolute Gasteiger partial charge is 0.378 e. The van der Waals surface area contributed by atoms with E-state index < -0.39 is 0 Å². The van der Waals surface area contributed by atoms with Crippen LogP contribution in [0.2, 0.25) is 10.0 Å². The molecule has 0 aliphatic rings. The molecule has 0 radical (unpaired) electrons. The molecule has 0 aliphatic carbocycles. The highest BCUT2D eigenvalue weighted by Crippen LogP contribution is 2.25. The first-order valence-electron chi connectivity index (χ1n) is 4.64. The van der Waals surface area contributed by atoms with Gasteiger partial charge >= 0.3 is 0 Å². The quantitative estimate of drug-likeness (QED) is 0.917. The Hall–Kier alpha value is -1.26. The zero-order chi connectivity index (χ0) is 11.5. The van der Waals surface area contributed by atoms with Crippen LogP contribution in [0.4, 0.5) is 5.69 Å². The Balaban J connectivity index is 2.10. The first kappa shape index (κ1) is 11.2.